The second kappa shape index (κ2) is 5.91. The number of hydrogen-bond acceptors (Lipinski definition) is 3. The molecule has 0 aliphatic heterocycles. The van der Waals surface area contributed by atoms with Gasteiger partial charge in [0.05, 0.1) is 0 Å². The lowest BCUT2D eigenvalue weighted by molar-refractivity contribution is 0.111. The molecular weight excluding hydrogens is 294 g/mol. The standard InChI is InChI=1S/C13H14BrN3O/c1-2-3-8-17-13(12(9-18)15-16-17)10-6-4-5-7-11(10)14/h4-7,9H,2-3,8H2,1H3. The maximum absolute atomic E-state index is 11.1. The maximum Gasteiger partial charge on any atom is 0.172 e. The smallest absolute Gasteiger partial charge is 0.172 e. The zero-order chi connectivity index (χ0) is 13.0. The van der Waals surface area contributed by atoms with Crippen molar-refractivity contribution in [2.24, 2.45) is 0 Å². The SMILES string of the molecule is CCCCn1nnc(C=O)c1-c1ccccc1Br. The molecule has 2 aromatic rings. The molecule has 0 unspecified atom stereocenters. The molecule has 2 rings (SSSR count). The normalized spacial score (nSPS) is 10.6. The minimum absolute atomic E-state index is 0.387. The summed E-state index contributed by atoms with van der Waals surface area (Å²) in [6.07, 6.45) is 2.84. The van der Waals surface area contributed by atoms with Gasteiger partial charge in [0.15, 0.2) is 12.0 Å². The summed E-state index contributed by atoms with van der Waals surface area (Å²) in [6, 6.07) is 7.78. The second-order valence-corrected chi connectivity index (χ2v) is 4.85. The Bertz CT molecular complexity index is 551. The number of carbonyl (C=O) groups excluding carboxylic acids is 1. The van der Waals surface area contributed by atoms with Crippen molar-refractivity contribution < 1.29 is 4.79 Å². The van der Waals surface area contributed by atoms with Gasteiger partial charge in [-0.25, -0.2) is 4.68 Å². The molecule has 94 valence electrons. The summed E-state index contributed by atoms with van der Waals surface area (Å²) in [5, 5.41) is 7.99. The zero-order valence-electron chi connectivity index (χ0n) is 10.1. The average Bonchev–Trinajstić information content (AvgIpc) is 2.79. The highest BCUT2D eigenvalue weighted by molar-refractivity contribution is 9.10. The molecule has 0 aliphatic carbocycles. The van der Waals surface area contributed by atoms with Crippen LogP contribution in [-0.4, -0.2) is 21.3 Å². The van der Waals surface area contributed by atoms with E-state index in [0.29, 0.717) is 5.69 Å². The van der Waals surface area contributed by atoms with Gasteiger partial charge < -0.3 is 0 Å². The van der Waals surface area contributed by atoms with Gasteiger partial charge >= 0.3 is 0 Å². The fraction of sp³-hybridized carbons (Fsp3) is 0.308. The number of halogens is 1. The van der Waals surface area contributed by atoms with Gasteiger partial charge in [-0.05, 0) is 12.5 Å². The van der Waals surface area contributed by atoms with Crippen LogP contribution in [0.5, 0.6) is 0 Å². The van der Waals surface area contributed by atoms with Gasteiger partial charge in [0.25, 0.3) is 0 Å². The number of hydrogen-bond donors (Lipinski definition) is 0. The average molecular weight is 308 g/mol. The minimum atomic E-state index is 0.387. The van der Waals surface area contributed by atoms with Crippen LogP contribution in [0.15, 0.2) is 28.7 Å². The molecular formula is C13H14BrN3O. The van der Waals surface area contributed by atoms with Crippen molar-refractivity contribution in [3.8, 4) is 11.3 Å². The zero-order valence-corrected chi connectivity index (χ0v) is 11.7. The van der Waals surface area contributed by atoms with Gasteiger partial charge in [-0.2, -0.15) is 0 Å². The summed E-state index contributed by atoms with van der Waals surface area (Å²) in [7, 11) is 0. The lowest BCUT2D eigenvalue weighted by Crippen LogP contribution is -2.03. The highest BCUT2D eigenvalue weighted by Crippen LogP contribution is 2.29. The van der Waals surface area contributed by atoms with Crippen molar-refractivity contribution >= 4 is 22.2 Å². The number of aldehydes is 1. The third-order valence-corrected chi connectivity index (χ3v) is 3.42. The molecule has 1 aromatic heterocycles. The van der Waals surface area contributed by atoms with E-state index in [1.165, 1.54) is 0 Å². The fourth-order valence-corrected chi connectivity index (χ4v) is 2.27. The van der Waals surface area contributed by atoms with Gasteiger partial charge in [0, 0.05) is 16.6 Å². The third kappa shape index (κ3) is 2.51. The van der Waals surface area contributed by atoms with E-state index in [9.17, 15) is 4.79 Å². The molecule has 0 amide bonds. The molecule has 0 radical (unpaired) electrons. The largest absolute Gasteiger partial charge is 0.296 e. The molecule has 0 bridgehead atoms. The van der Waals surface area contributed by atoms with Gasteiger partial charge in [0.1, 0.15) is 5.69 Å². The summed E-state index contributed by atoms with van der Waals surface area (Å²) < 4.78 is 2.74. The Balaban J connectivity index is 2.50. The van der Waals surface area contributed by atoms with Crippen molar-refractivity contribution in [3.63, 3.8) is 0 Å². The number of aromatic nitrogens is 3. The summed E-state index contributed by atoms with van der Waals surface area (Å²) in [5.41, 5.74) is 2.12. The molecule has 4 nitrogen and oxygen atoms in total. The van der Waals surface area contributed by atoms with Crippen LogP contribution in [0.3, 0.4) is 0 Å². The monoisotopic (exact) mass is 307 g/mol. The molecule has 0 atom stereocenters. The van der Waals surface area contributed by atoms with E-state index in [0.717, 1.165) is 41.4 Å². The van der Waals surface area contributed by atoms with Crippen molar-refractivity contribution in [1.82, 2.24) is 15.0 Å². The molecule has 1 heterocycles. The lowest BCUT2D eigenvalue weighted by atomic mass is 10.1. The first-order valence-corrected chi connectivity index (χ1v) is 6.70. The molecule has 0 spiro atoms. The third-order valence-electron chi connectivity index (χ3n) is 2.73. The molecule has 0 N–H and O–H groups in total. The summed E-state index contributed by atoms with van der Waals surface area (Å²) in [6.45, 7) is 2.89. The fourth-order valence-electron chi connectivity index (χ4n) is 1.80. The van der Waals surface area contributed by atoms with Crippen molar-refractivity contribution in [2.45, 2.75) is 26.3 Å². The van der Waals surface area contributed by atoms with E-state index in [4.69, 9.17) is 0 Å². The van der Waals surface area contributed by atoms with Crippen LogP contribution >= 0.6 is 15.9 Å². The Morgan fingerprint density at radius 2 is 2.17 bits per heavy atom. The Labute approximate surface area is 114 Å². The number of unbranched alkanes of at least 4 members (excludes halogenated alkanes) is 1. The number of benzene rings is 1. The van der Waals surface area contributed by atoms with Crippen LogP contribution in [0.2, 0.25) is 0 Å². The van der Waals surface area contributed by atoms with Gasteiger partial charge in [-0.1, -0.05) is 52.7 Å². The summed E-state index contributed by atoms with van der Waals surface area (Å²) >= 11 is 3.50. The molecule has 5 heteroatoms. The number of nitrogens with zero attached hydrogens (tertiary/aromatic N) is 3. The van der Waals surface area contributed by atoms with E-state index in [1.54, 1.807) is 4.68 Å². The van der Waals surface area contributed by atoms with Crippen LogP contribution in [0.25, 0.3) is 11.3 Å². The summed E-state index contributed by atoms with van der Waals surface area (Å²) in [4.78, 5) is 11.1. The first-order chi connectivity index (χ1) is 8.77. The van der Waals surface area contributed by atoms with E-state index >= 15 is 0 Å². The Morgan fingerprint density at radius 3 is 2.83 bits per heavy atom. The second-order valence-electron chi connectivity index (χ2n) is 4.00. The first kappa shape index (κ1) is 13.0. The van der Waals surface area contributed by atoms with Crippen LogP contribution in [0, 0.1) is 0 Å². The predicted octanol–water partition coefficient (Wildman–Crippen LogP) is 3.32. The van der Waals surface area contributed by atoms with Gasteiger partial charge in [-0.15, -0.1) is 5.10 Å². The van der Waals surface area contributed by atoms with E-state index in [1.807, 2.05) is 24.3 Å². The molecule has 0 saturated carbocycles. The number of carbonyl (C=O) groups is 1. The van der Waals surface area contributed by atoms with Crippen LogP contribution in [0.1, 0.15) is 30.3 Å². The Hall–Kier alpha value is -1.49. The van der Waals surface area contributed by atoms with E-state index in [2.05, 4.69) is 33.2 Å². The van der Waals surface area contributed by atoms with Gasteiger partial charge in [0.2, 0.25) is 0 Å². The van der Waals surface area contributed by atoms with Gasteiger partial charge in [-0.3, -0.25) is 4.79 Å². The molecule has 0 fully saturated rings. The van der Waals surface area contributed by atoms with Crippen LogP contribution < -0.4 is 0 Å². The molecule has 1 aromatic carbocycles. The number of aryl methyl sites for hydroxylation is 1. The van der Waals surface area contributed by atoms with Crippen molar-refractivity contribution in [2.75, 3.05) is 0 Å². The highest BCUT2D eigenvalue weighted by atomic mass is 79.9. The number of rotatable bonds is 5. The van der Waals surface area contributed by atoms with E-state index in [-0.39, 0.29) is 0 Å². The molecule has 18 heavy (non-hydrogen) atoms. The van der Waals surface area contributed by atoms with Crippen LogP contribution in [0.4, 0.5) is 0 Å². The highest BCUT2D eigenvalue weighted by Gasteiger charge is 2.16. The minimum Gasteiger partial charge on any atom is -0.296 e. The van der Waals surface area contributed by atoms with Crippen molar-refractivity contribution in [3.05, 3.63) is 34.4 Å². The van der Waals surface area contributed by atoms with E-state index < -0.39 is 0 Å². The van der Waals surface area contributed by atoms with Crippen LogP contribution in [-0.2, 0) is 6.54 Å². The first-order valence-electron chi connectivity index (χ1n) is 5.91. The van der Waals surface area contributed by atoms with Crippen molar-refractivity contribution in [1.29, 1.82) is 0 Å². The lowest BCUT2D eigenvalue weighted by Gasteiger charge is -2.07. The quantitative estimate of drug-likeness (QED) is 0.796. The topological polar surface area (TPSA) is 47.8 Å². The Kier molecular flexibility index (Phi) is 4.25. The molecule has 0 aliphatic rings. The maximum atomic E-state index is 11.1. The molecule has 0 saturated heterocycles. The predicted molar refractivity (Wildman–Crippen MR) is 73.5 cm³/mol. The Morgan fingerprint density at radius 1 is 1.39 bits per heavy atom. The summed E-state index contributed by atoms with van der Waals surface area (Å²) in [5.74, 6) is 0.